The summed E-state index contributed by atoms with van der Waals surface area (Å²) >= 11 is 6.10. The second-order valence-corrected chi connectivity index (χ2v) is 4.43. The van der Waals surface area contributed by atoms with Crippen LogP contribution < -0.4 is 5.32 Å². The molecule has 15 heavy (non-hydrogen) atoms. The van der Waals surface area contributed by atoms with E-state index in [9.17, 15) is 0 Å². The molecular weight excluding hydrogens is 206 g/mol. The zero-order valence-corrected chi connectivity index (χ0v) is 10.5. The lowest BCUT2D eigenvalue weighted by molar-refractivity contribution is 0.710. The van der Waals surface area contributed by atoms with Crippen LogP contribution in [-0.2, 0) is 0 Å². The molecule has 0 heterocycles. The lowest BCUT2D eigenvalue weighted by Gasteiger charge is -2.14. The van der Waals surface area contributed by atoms with Crippen molar-refractivity contribution in [3.63, 3.8) is 0 Å². The maximum Gasteiger partial charge on any atom is 0.0506 e. The molecule has 0 spiro atoms. The van der Waals surface area contributed by atoms with Gasteiger partial charge >= 0.3 is 0 Å². The predicted molar refractivity (Wildman–Crippen MR) is 67.4 cm³/mol. The fourth-order valence-corrected chi connectivity index (χ4v) is 1.67. The Bertz CT molecular complexity index is 365. The van der Waals surface area contributed by atoms with Gasteiger partial charge in [0, 0.05) is 5.02 Å². The van der Waals surface area contributed by atoms with Crippen molar-refractivity contribution in [2.45, 2.75) is 26.8 Å². The standard InChI is InChI=1S/C13H18ClN/c1-9(2)7-13(15-4)11-6-5-10(3)12(14)8-11/h5-8,13,15H,1-4H3. The Morgan fingerprint density at radius 2 is 2.07 bits per heavy atom. The Morgan fingerprint density at radius 3 is 2.53 bits per heavy atom. The first kappa shape index (κ1) is 12.3. The summed E-state index contributed by atoms with van der Waals surface area (Å²) in [6.45, 7) is 6.21. The first-order valence-corrected chi connectivity index (χ1v) is 5.50. The average molecular weight is 224 g/mol. The Balaban J connectivity index is 3.03. The van der Waals surface area contributed by atoms with Gasteiger partial charge < -0.3 is 5.32 Å². The van der Waals surface area contributed by atoms with E-state index in [1.807, 2.05) is 20.0 Å². The summed E-state index contributed by atoms with van der Waals surface area (Å²) in [7, 11) is 1.96. The molecular formula is C13H18ClN. The number of hydrogen-bond acceptors (Lipinski definition) is 1. The third-order valence-corrected chi connectivity index (χ3v) is 2.77. The van der Waals surface area contributed by atoms with Crippen LogP contribution in [0, 0.1) is 6.92 Å². The zero-order valence-electron chi connectivity index (χ0n) is 9.76. The largest absolute Gasteiger partial charge is 0.310 e. The molecule has 0 aliphatic heterocycles. The van der Waals surface area contributed by atoms with Crippen LogP contribution in [-0.4, -0.2) is 7.05 Å². The maximum atomic E-state index is 6.10. The van der Waals surface area contributed by atoms with Gasteiger partial charge in [-0.05, 0) is 45.0 Å². The lowest BCUT2D eigenvalue weighted by Crippen LogP contribution is -2.14. The highest BCUT2D eigenvalue weighted by molar-refractivity contribution is 6.31. The number of hydrogen-bond donors (Lipinski definition) is 1. The van der Waals surface area contributed by atoms with E-state index in [-0.39, 0.29) is 6.04 Å². The minimum atomic E-state index is 0.244. The summed E-state index contributed by atoms with van der Waals surface area (Å²) in [5.74, 6) is 0. The maximum absolute atomic E-state index is 6.10. The van der Waals surface area contributed by atoms with Gasteiger partial charge in [0.2, 0.25) is 0 Å². The van der Waals surface area contributed by atoms with Crippen LogP contribution in [0.3, 0.4) is 0 Å². The number of aryl methyl sites for hydroxylation is 1. The Hall–Kier alpha value is -0.790. The van der Waals surface area contributed by atoms with E-state index in [4.69, 9.17) is 11.6 Å². The molecule has 1 rings (SSSR count). The Morgan fingerprint density at radius 1 is 1.40 bits per heavy atom. The van der Waals surface area contributed by atoms with Gasteiger partial charge in [-0.3, -0.25) is 0 Å². The molecule has 1 atom stereocenters. The summed E-state index contributed by atoms with van der Waals surface area (Å²) in [6.07, 6.45) is 2.20. The summed E-state index contributed by atoms with van der Waals surface area (Å²) in [5.41, 5.74) is 3.62. The molecule has 0 radical (unpaired) electrons. The van der Waals surface area contributed by atoms with Crippen molar-refractivity contribution in [2.75, 3.05) is 7.05 Å². The number of halogens is 1. The fourth-order valence-electron chi connectivity index (χ4n) is 1.48. The monoisotopic (exact) mass is 223 g/mol. The van der Waals surface area contributed by atoms with Crippen LogP contribution in [0.4, 0.5) is 0 Å². The van der Waals surface area contributed by atoms with Crippen LogP contribution >= 0.6 is 11.6 Å². The molecule has 1 aromatic carbocycles. The van der Waals surface area contributed by atoms with E-state index in [0.29, 0.717) is 0 Å². The van der Waals surface area contributed by atoms with E-state index in [0.717, 1.165) is 10.6 Å². The average Bonchev–Trinajstić information content (AvgIpc) is 2.18. The minimum absolute atomic E-state index is 0.244. The summed E-state index contributed by atoms with van der Waals surface area (Å²) < 4.78 is 0. The molecule has 82 valence electrons. The third kappa shape index (κ3) is 3.37. The van der Waals surface area contributed by atoms with E-state index in [2.05, 4.69) is 37.4 Å². The number of allylic oxidation sites excluding steroid dienone is 1. The van der Waals surface area contributed by atoms with Crippen LogP contribution in [0.5, 0.6) is 0 Å². The van der Waals surface area contributed by atoms with Crippen molar-refractivity contribution in [3.05, 3.63) is 46.0 Å². The Labute approximate surface area is 97.1 Å². The highest BCUT2D eigenvalue weighted by Crippen LogP contribution is 2.22. The van der Waals surface area contributed by atoms with E-state index < -0.39 is 0 Å². The van der Waals surface area contributed by atoms with Crippen molar-refractivity contribution in [1.29, 1.82) is 0 Å². The molecule has 0 bridgehead atoms. The van der Waals surface area contributed by atoms with Gasteiger partial charge in [0.15, 0.2) is 0 Å². The molecule has 0 aromatic heterocycles. The first-order valence-electron chi connectivity index (χ1n) is 5.13. The zero-order chi connectivity index (χ0) is 11.4. The smallest absolute Gasteiger partial charge is 0.0506 e. The fraction of sp³-hybridized carbons (Fsp3) is 0.385. The molecule has 0 saturated heterocycles. The van der Waals surface area contributed by atoms with Crippen LogP contribution in [0.25, 0.3) is 0 Å². The number of nitrogens with one attached hydrogen (secondary N) is 1. The van der Waals surface area contributed by atoms with E-state index in [1.54, 1.807) is 0 Å². The SMILES string of the molecule is CNC(C=C(C)C)c1ccc(C)c(Cl)c1. The van der Waals surface area contributed by atoms with Gasteiger partial charge in [0.1, 0.15) is 0 Å². The molecule has 1 aromatic rings. The van der Waals surface area contributed by atoms with Gasteiger partial charge in [0.25, 0.3) is 0 Å². The lowest BCUT2D eigenvalue weighted by atomic mass is 10.0. The highest BCUT2D eigenvalue weighted by Gasteiger charge is 2.06. The minimum Gasteiger partial charge on any atom is -0.310 e. The highest BCUT2D eigenvalue weighted by atomic mass is 35.5. The third-order valence-electron chi connectivity index (χ3n) is 2.37. The molecule has 0 aliphatic carbocycles. The number of rotatable bonds is 3. The van der Waals surface area contributed by atoms with Gasteiger partial charge in [0.05, 0.1) is 6.04 Å². The van der Waals surface area contributed by atoms with E-state index in [1.165, 1.54) is 11.1 Å². The van der Waals surface area contributed by atoms with Gasteiger partial charge in [-0.2, -0.15) is 0 Å². The van der Waals surface area contributed by atoms with Crippen molar-refractivity contribution in [1.82, 2.24) is 5.32 Å². The van der Waals surface area contributed by atoms with Gasteiger partial charge in [-0.15, -0.1) is 0 Å². The van der Waals surface area contributed by atoms with Crippen molar-refractivity contribution in [3.8, 4) is 0 Å². The van der Waals surface area contributed by atoms with E-state index >= 15 is 0 Å². The Kier molecular flexibility index (Phi) is 4.37. The van der Waals surface area contributed by atoms with Crippen molar-refractivity contribution >= 4 is 11.6 Å². The molecule has 1 N–H and O–H groups in total. The summed E-state index contributed by atoms with van der Waals surface area (Å²) in [5, 5.41) is 4.09. The van der Waals surface area contributed by atoms with Crippen molar-refractivity contribution in [2.24, 2.45) is 0 Å². The molecule has 0 fully saturated rings. The molecule has 1 nitrogen and oxygen atoms in total. The molecule has 0 aliphatic rings. The van der Waals surface area contributed by atoms with Crippen LogP contribution in [0.1, 0.15) is 31.0 Å². The summed E-state index contributed by atoms with van der Waals surface area (Å²) in [6, 6.07) is 6.44. The number of likely N-dealkylation sites (N-methyl/N-ethyl adjacent to an activating group) is 1. The normalized spacial score (nSPS) is 12.3. The second kappa shape index (κ2) is 5.34. The first-order chi connectivity index (χ1) is 7.04. The molecule has 1 unspecified atom stereocenters. The van der Waals surface area contributed by atoms with Crippen LogP contribution in [0.15, 0.2) is 29.8 Å². The van der Waals surface area contributed by atoms with Gasteiger partial charge in [-0.25, -0.2) is 0 Å². The summed E-state index contributed by atoms with van der Waals surface area (Å²) in [4.78, 5) is 0. The second-order valence-electron chi connectivity index (χ2n) is 4.02. The molecule has 2 heteroatoms. The number of benzene rings is 1. The topological polar surface area (TPSA) is 12.0 Å². The molecule has 0 amide bonds. The quantitative estimate of drug-likeness (QED) is 0.767. The van der Waals surface area contributed by atoms with Gasteiger partial charge in [-0.1, -0.05) is 35.4 Å². The van der Waals surface area contributed by atoms with Crippen LogP contribution in [0.2, 0.25) is 5.02 Å². The van der Waals surface area contributed by atoms with Crippen molar-refractivity contribution < 1.29 is 0 Å². The molecule has 0 saturated carbocycles. The predicted octanol–water partition coefficient (Wildman–Crippen LogP) is 3.88.